The van der Waals surface area contributed by atoms with Gasteiger partial charge in [0.1, 0.15) is 11.3 Å². The molecule has 3 heterocycles. The van der Waals surface area contributed by atoms with Gasteiger partial charge in [0.15, 0.2) is 17.3 Å². The number of aromatic nitrogens is 2. The molecule has 0 amide bonds. The minimum Gasteiger partial charge on any atom is -0.476 e. The fraction of sp³-hybridized carbons (Fsp3) is 0.0909. The summed E-state index contributed by atoms with van der Waals surface area (Å²) >= 11 is 0. The zero-order valence-electron chi connectivity index (χ0n) is 16.1. The Kier molecular flexibility index (Phi) is 5.16. The van der Waals surface area contributed by atoms with E-state index in [0.29, 0.717) is 10.9 Å². The van der Waals surface area contributed by atoms with Gasteiger partial charge in [0.25, 0.3) is 5.88 Å². The number of carboxylic acid groups (broad SMARTS) is 1. The molecular formula is C22H14F2N2O5. The van der Waals surface area contributed by atoms with Gasteiger partial charge in [0.05, 0.1) is 0 Å². The highest BCUT2D eigenvalue weighted by Gasteiger charge is 2.19. The number of ether oxygens (including phenoxy) is 1. The van der Waals surface area contributed by atoms with E-state index >= 15 is 0 Å². The summed E-state index contributed by atoms with van der Waals surface area (Å²) in [5.41, 5.74) is -0.509. The minimum absolute atomic E-state index is 0.00716. The molecule has 0 aliphatic heterocycles. The summed E-state index contributed by atoms with van der Waals surface area (Å²) in [5.74, 6) is -3.16. The number of halogens is 2. The largest absolute Gasteiger partial charge is 0.476 e. The third kappa shape index (κ3) is 3.85. The van der Waals surface area contributed by atoms with Gasteiger partial charge < -0.3 is 14.3 Å². The molecule has 31 heavy (non-hydrogen) atoms. The number of aromatic carboxylic acids is 1. The number of fused-ring (bicyclic) bond motifs is 1. The molecule has 7 nitrogen and oxygen atoms in total. The van der Waals surface area contributed by atoms with Crippen LogP contribution in [0.4, 0.5) is 8.78 Å². The number of hydrogen-bond donors (Lipinski definition) is 1. The van der Waals surface area contributed by atoms with Crippen LogP contribution in [-0.4, -0.2) is 21.0 Å². The third-order valence-electron chi connectivity index (χ3n) is 4.74. The smallest absolute Gasteiger partial charge is 0.357 e. The molecule has 0 fully saturated rings. The second-order valence-corrected chi connectivity index (χ2v) is 6.66. The molecule has 0 bridgehead atoms. The molecule has 0 aliphatic carbocycles. The van der Waals surface area contributed by atoms with Crippen molar-refractivity contribution in [2.45, 2.75) is 13.3 Å². The van der Waals surface area contributed by atoms with Gasteiger partial charge in [-0.15, -0.1) is 0 Å². The maximum atomic E-state index is 14.4. The molecule has 0 saturated carbocycles. The van der Waals surface area contributed by atoms with Gasteiger partial charge >= 0.3 is 11.6 Å². The molecule has 9 heteroatoms. The molecule has 0 aliphatic rings. The van der Waals surface area contributed by atoms with E-state index < -0.39 is 28.9 Å². The van der Waals surface area contributed by atoms with Gasteiger partial charge in [-0.3, -0.25) is 0 Å². The lowest BCUT2D eigenvalue weighted by Gasteiger charge is -2.11. The molecule has 0 spiro atoms. The van der Waals surface area contributed by atoms with Crippen molar-refractivity contribution in [2.24, 2.45) is 0 Å². The molecule has 1 aromatic carbocycles. The third-order valence-corrected chi connectivity index (χ3v) is 4.74. The van der Waals surface area contributed by atoms with Crippen LogP contribution in [0.2, 0.25) is 0 Å². The SMILES string of the molecule is Cc1c(Cc2ccnc(C(=O)O)c2F)c(=O)oc2cc(Oc3ncccc3F)ccc12. The monoisotopic (exact) mass is 424 g/mol. The average Bonchev–Trinajstić information content (AvgIpc) is 2.73. The first-order valence-corrected chi connectivity index (χ1v) is 9.06. The predicted molar refractivity (Wildman–Crippen MR) is 105 cm³/mol. The van der Waals surface area contributed by atoms with Crippen molar-refractivity contribution in [2.75, 3.05) is 0 Å². The van der Waals surface area contributed by atoms with E-state index in [0.717, 1.165) is 0 Å². The van der Waals surface area contributed by atoms with Gasteiger partial charge in [0.2, 0.25) is 0 Å². The Labute approximate surface area is 173 Å². The number of rotatable bonds is 5. The maximum Gasteiger partial charge on any atom is 0.357 e. The Bertz CT molecular complexity index is 1380. The average molecular weight is 424 g/mol. The second kappa shape index (κ2) is 7.94. The first-order chi connectivity index (χ1) is 14.8. The summed E-state index contributed by atoms with van der Waals surface area (Å²) in [6.07, 6.45) is 2.38. The number of aryl methyl sites for hydroxylation is 1. The zero-order chi connectivity index (χ0) is 22.1. The fourth-order valence-corrected chi connectivity index (χ4v) is 3.16. The van der Waals surface area contributed by atoms with E-state index in [1.165, 1.54) is 36.7 Å². The molecule has 4 aromatic rings. The van der Waals surface area contributed by atoms with Crippen LogP contribution in [0.25, 0.3) is 11.0 Å². The number of benzene rings is 1. The standard InChI is InChI=1S/C22H14F2N2O5/c1-11-14-5-4-13(30-20-16(23)3-2-7-26-20)10-17(14)31-22(29)15(11)9-12-6-8-25-19(18(12)24)21(27)28/h2-8,10H,9H2,1H3,(H,27,28). The van der Waals surface area contributed by atoms with Gasteiger partial charge in [-0.05, 0) is 48.4 Å². The quantitative estimate of drug-likeness (QED) is 0.478. The number of carbonyl (C=O) groups is 1. The lowest BCUT2D eigenvalue weighted by molar-refractivity contribution is 0.0684. The van der Waals surface area contributed by atoms with Crippen LogP contribution >= 0.6 is 0 Å². The molecule has 4 rings (SSSR count). The van der Waals surface area contributed by atoms with Crippen LogP contribution in [0.15, 0.2) is 58.0 Å². The first-order valence-electron chi connectivity index (χ1n) is 9.06. The molecule has 156 valence electrons. The normalized spacial score (nSPS) is 10.9. The van der Waals surface area contributed by atoms with Gasteiger partial charge in [-0.2, -0.15) is 0 Å². The van der Waals surface area contributed by atoms with Crippen LogP contribution < -0.4 is 10.4 Å². The number of hydrogen-bond acceptors (Lipinski definition) is 6. The Hall–Kier alpha value is -4.14. The second-order valence-electron chi connectivity index (χ2n) is 6.66. The van der Waals surface area contributed by atoms with Gasteiger partial charge in [-0.25, -0.2) is 28.3 Å². The van der Waals surface area contributed by atoms with Crippen LogP contribution in [0, 0.1) is 18.6 Å². The van der Waals surface area contributed by atoms with Crippen LogP contribution in [0.1, 0.15) is 27.2 Å². The fourth-order valence-electron chi connectivity index (χ4n) is 3.16. The lowest BCUT2D eigenvalue weighted by atomic mass is 9.99. The van der Waals surface area contributed by atoms with Crippen molar-refractivity contribution >= 4 is 16.9 Å². The van der Waals surface area contributed by atoms with E-state index in [1.54, 1.807) is 19.1 Å². The van der Waals surface area contributed by atoms with E-state index in [9.17, 15) is 18.4 Å². The summed E-state index contributed by atoms with van der Waals surface area (Å²) in [7, 11) is 0. The van der Waals surface area contributed by atoms with E-state index in [2.05, 4.69) is 9.97 Å². The number of nitrogens with zero attached hydrogens (tertiary/aromatic N) is 2. The summed E-state index contributed by atoms with van der Waals surface area (Å²) in [6.45, 7) is 1.67. The predicted octanol–water partition coefficient (Wildman–Crippen LogP) is 4.25. The minimum atomic E-state index is -1.50. The van der Waals surface area contributed by atoms with E-state index in [4.69, 9.17) is 14.3 Å². The Balaban J connectivity index is 1.73. The molecule has 0 saturated heterocycles. The van der Waals surface area contributed by atoms with Crippen molar-refractivity contribution in [3.05, 3.63) is 93.2 Å². The molecule has 1 N–H and O–H groups in total. The Morgan fingerprint density at radius 2 is 1.97 bits per heavy atom. The summed E-state index contributed by atoms with van der Waals surface area (Å²) < 4.78 is 39.0. The van der Waals surface area contributed by atoms with Crippen molar-refractivity contribution in [3.63, 3.8) is 0 Å². The molecule has 0 unspecified atom stereocenters. The van der Waals surface area contributed by atoms with Crippen molar-refractivity contribution in [1.82, 2.24) is 9.97 Å². The van der Waals surface area contributed by atoms with Crippen molar-refractivity contribution in [3.8, 4) is 11.6 Å². The zero-order valence-corrected chi connectivity index (χ0v) is 16.1. The number of carboxylic acids is 1. The topological polar surface area (TPSA) is 103 Å². The highest BCUT2D eigenvalue weighted by atomic mass is 19.1. The lowest BCUT2D eigenvalue weighted by Crippen LogP contribution is -2.13. The molecule has 3 aromatic heterocycles. The van der Waals surface area contributed by atoms with E-state index in [1.807, 2.05) is 0 Å². The molecule has 0 radical (unpaired) electrons. The molecular weight excluding hydrogens is 410 g/mol. The summed E-state index contributed by atoms with van der Waals surface area (Å²) in [5, 5.41) is 9.60. The highest BCUT2D eigenvalue weighted by Crippen LogP contribution is 2.28. The van der Waals surface area contributed by atoms with Gasteiger partial charge in [-0.1, -0.05) is 0 Å². The van der Waals surface area contributed by atoms with Crippen LogP contribution in [0.5, 0.6) is 11.6 Å². The first kappa shape index (κ1) is 20.1. The van der Waals surface area contributed by atoms with Crippen molar-refractivity contribution in [1.29, 1.82) is 0 Å². The highest BCUT2D eigenvalue weighted by molar-refractivity contribution is 5.86. The molecule has 0 atom stereocenters. The summed E-state index contributed by atoms with van der Waals surface area (Å²) in [6, 6.07) is 8.55. The Morgan fingerprint density at radius 3 is 2.71 bits per heavy atom. The summed E-state index contributed by atoms with van der Waals surface area (Å²) in [4.78, 5) is 31.0. The van der Waals surface area contributed by atoms with Crippen molar-refractivity contribution < 1.29 is 27.8 Å². The van der Waals surface area contributed by atoms with Crippen LogP contribution in [0.3, 0.4) is 0 Å². The Morgan fingerprint density at radius 1 is 1.16 bits per heavy atom. The van der Waals surface area contributed by atoms with Gasteiger partial charge in [0, 0.05) is 35.8 Å². The maximum absolute atomic E-state index is 14.4. The van der Waals surface area contributed by atoms with E-state index in [-0.39, 0.29) is 34.8 Å². The number of pyridine rings is 2. The van der Waals surface area contributed by atoms with Crippen LogP contribution in [-0.2, 0) is 6.42 Å².